The Hall–Kier alpha value is -7.56. The Balaban J connectivity index is 1.28. The van der Waals surface area contributed by atoms with E-state index in [1.807, 2.05) is 6.07 Å². The van der Waals surface area contributed by atoms with E-state index in [1.54, 1.807) is 0 Å². The van der Waals surface area contributed by atoms with Gasteiger partial charge in [-0.25, -0.2) is 9.97 Å². The summed E-state index contributed by atoms with van der Waals surface area (Å²) in [5.74, 6) is 0.614. The SMILES string of the molecule is Cc1ccccc1-c1cc2c3ccccc3n(-c3nc(-c4ccccc4)cc(-c4cccc(-c5ccccc5)c4)n3)c2cc1N(c1ccccc1)c1ccccc1. The molecule has 0 unspecified atom stereocenters. The number of aromatic nitrogens is 3. The highest BCUT2D eigenvalue weighted by Gasteiger charge is 2.24. The molecule has 8 aromatic carbocycles. The fourth-order valence-corrected chi connectivity index (χ4v) is 8.00. The standard InChI is InChI=1S/C53H38N4/c1-37-19-14-15-30-44(37)46-34-47-45-31-16-17-32-50(45)57(52(47)36-51(46)56(42-26-10-4-11-27-42)43-28-12-5-13-29-43)53-54-48(39-22-8-3-9-23-39)35-49(55-53)41-25-18-24-40(33-41)38-20-6-2-7-21-38/h2-36H,1H3. The predicted octanol–water partition coefficient (Wildman–Crippen LogP) is 14.0. The number of hydrogen-bond donors (Lipinski definition) is 0. The topological polar surface area (TPSA) is 34.0 Å². The maximum absolute atomic E-state index is 5.43. The second-order valence-electron chi connectivity index (χ2n) is 14.3. The van der Waals surface area contributed by atoms with E-state index in [0.717, 1.165) is 78.1 Å². The molecular weight excluding hydrogens is 693 g/mol. The van der Waals surface area contributed by atoms with Crippen LogP contribution in [0.25, 0.3) is 72.5 Å². The number of rotatable bonds is 8. The Kier molecular flexibility index (Phi) is 8.69. The van der Waals surface area contributed by atoms with Gasteiger partial charge in [0.25, 0.3) is 0 Å². The van der Waals surface area contributed by atoms with E-state index in [-0.39, 0.29) is 0 Å². The molecule has 0 saturated heterocycles. The first-order valence-corrected chi connectivity index (χ1v) is 19.3. The monoisotopic (exact) mass is 730 g/mol. The highest BCUT2D eigenvalue weighted by molar-refractivity contribution is 6.13. The van der Waals surface area contributed by atoms with Crippen LogP contribution in [0.1, 0.15) is 5.56 Å². The molecule has 0 radical (unpaired) electrons. The van der Waals surface area contributed by atoms with Gasteiger partial charge in [0.05, 0.1) is 28.1 Å². The summed E-state index contributed by atoms with van der Waals surface area (Å²) < 4.78 is 2.25. The van der Waals surface area contributed by atoms with E-state index in [4.69, 9.17) is 9.97 Å². The van der Waals surface area contributed by atoms with E-state index in [1.165, 1.54) is 11.1 Å². The molecule has 10 aromatic rings. The molecule has 10 rings (SSSR count). The molecule has 4 nitrogen and oxygen atoms in total. The third-order valence-corrected chi connectivity index (χ3v) is 10.7. The van der Waals surface area contributed by atoms with E-state index < -0.39 is 0 Å². The van der Waals surface area contributed by atoms with Gasteiger partial charge in [0, 0.05) is 38.8 Å². The van der Waals surface area contributed by atoms with Gasteiger partial charge >= 0.3 is 0 Å². The van der Waals surface area contributed by atoms with Crippen LogP contribution in [-0.2, 0) is 0 Å². The predicted molar refractivity (Wildman–Crippen MR) is 238 cm³/mol. The molecule has 0 atom stereocenters. The average Bonchev–Trinajstić information content (AvgIpc) is 3.61. The summed E-state index contributed by atoms with van der Waals surface area (Å²) in [6.07, 6.45) is 0. The third kappa shape index (κ3) is 6.33. The molecule has 0 aliphatic heterocycles. The van der Waals surface area contributed by atoms with Crippen LogP contribution in [0, 0.1) is 6.92 Å². The molecule has 270 valence electrons. The highest BCUT2D eigenvalue weighted by atomic mass is 15.2. The number of para-hydroxylation sites is 3. The first-order chi connectivity index (χ1) is 28.2. The van der Waals surface area contributed by atoms with Gasteiger partial charge in [0.1, 0.15) is 0 Å². The fourth-order valence-electron chi connectivity index (χ4n) is 8.00. The Morgan fingerprint density at radius 2 is 0.930 bits per heavy atom. The van der Waals surface area contributed by atoms with Gasteiger partial charge in [-0.1, -0.05) is 158 Å². The number of hydrogen-bond acceptors (Lipinski definition) is 3. The molecule has 0 fully saturated rings. The van der Waals surface area contributed by atoms with Gasteiger partial charge in [0.2, 0.25) is 5.95 Å². The smallest absolute Gasteiger partial charge is 0.235 e. The molecule has 0 N–H and O–H groups in total. The molecule has 0 aliphatic rings. The number of nitrogens with zero attached hydrogens (tertiary/aromatic N) is 4. The van der Waals surface area contributed by atoms with Crippen LogP contribution in [0.15, 0.2) is 212 Å². The van der Waals surface area contributed by atoms with Crippen molar-refractivity contribution in [1.29, 1.82) is 0 Å². The first-order valence-electron chi connectivity index (χ1n) is 19.3. The minimum absolute atomic E-state index is 0.614. The average molecular weight is 731 g/mol. The van der Waals surface area contributed by atoms with Crippen molar-refractivity contribution >= 4 is 38.9 Å². The summed E-state index contributed by atoms with van der Waals surface area (Å²) >= 11 is 0. The Morgan fingerprint density at radius 3 is 1.61 bits per heavy atom. The van der Waals surface area contributed by atoms with Gasteiger partial charge in [-0.3, -0.25) is 4.57 Å². The highest BCUT2D eigenvalue weighted by Crippen LogP contribution is 2.46. The van der Waals surface area contributed by atoms with Crippen molar-refractivity contribution in [3.05, 3.63) is 218 Å². The molecule has 4 heteroatoms. The summed E-state index contributed by atoms with van der Waals surface area (Å²) in [6.45, 7) is 2.19. The fraction of sp³-hybridized carbons (Fsp3) is 0.0189. The van der Waals surface area contributed by atoms with Crippen LogP contribution in [0.5, 0.6) is 0 Å². The van der Waals surface area contributed by atoms with E-state index in [0.29, 0.717) is 5.95 Å². The van der Waals surface area contributed by atoms with Crippen molar-refractivity contribution in [3.8, 4) is 50.7 Å². The van der Waals surface area contributed by atoms with Crippen molar-refractivity contribution in [2.45, 2.75) is 6.92 Å². The Labute approximate surface area is 332 Å². The second-order valence-corrected chi connectivity index (χ2v) is 14.3. The lowest BCUT2D eigenvalue weighted by Gasteiger charge is -2.28. The lowest BCUT2D eigenvalue weighted by atomic mass is 9.95. The minimum atomic E-state index is 0.614. The van der Waals surface area contributed by atoms with E-state index >= 15 is 0 Å². The lowest BCUT2D eigenvalue weighted by molar-refractivity contribution is 0.995. The summed E-state index contributed by atoms with van der Waals surface area (Å²) in [4.78, 5) is 13.2. The zero-order valence-corrected chi connectivity index (χ0v) is 31.5. The zero-order chi connectivity index (χ0) is 38.1. The summed E-state index contributed by atoms with van der Waals surface area (Å²) in [7, 11) is 0. The van der Waals surface area contributed by atoms with Gasteiger partial charge in [-0.15, -0.1) is 0 Å². The van der Waals surface area contributed by atoms with E-state index in [2.05, 4.69) is 223 Å². The van der Waals surface area contributed by atoms with Crippen molar-refractivity contribution in [1.82, 2.24) is 14.5 Å². The zero-order valence-electron chi connectivity index (χ0n) is 31.5. The Morgan fingerprint density at radius 1 is 0.386 bits per heavy atom. The molecule has 2 heterocycles. The van der Waals surface area contributed by atoms with Crippen molar-refractivity contribution in [3.63, 3.8) is 0 Å². The summed E-state index contributed by atoms with van der Waals surface area (Å²) in [5, 5.41) is 2.27. The lowest BCUT2D eigenvalue weighted by Crippen LogP contribution is -2.12. The number of anilines is 3. The van der Waals surface area contributed by atoms with Gasteiger partial charge in [-0.2, -0.15) is 0 Å². The molecule has 0 aliphatic carbocycles. The van der Waals surface area contributed by atoms with E-state index in [9.17, 15) is 0 Å². The Bertz CT molecular complexity index is 2970. The molecule has 0 spiro atoms. The van der Waals surface area contributed by atoms with Gasteiger partial charge in [-0.05, 0) is 83.8 Å². The third-order valence-electron chi connectivity index (χ3n) is 10.7. The van der Waals surface area contributed by atoms with Crippen LogP contribution in [0.3, 0.4) is 0 Å². The molecule has 2 aromatic heterocycles. The number of benzene rings is 8. The normalized spacial score (nSPS) is 11.2. The quantitative estimate of drug-likeness (QED) is 0.156. The van der Waals surface area contributed by atoms with Crippen LogP contribution in [0.2, 0.25) is 0 Å². The maximum atomic E-state index is 5.43. The van der Waals surface area contributed by atoms with Gasteiger partial charge < -0.3 is 4.90 Å². The largest absolute Gasteiger partial charge is 0.310 e. The summed E-state index contributed by atoms with van der Waals surface area (Å²) in [6, 6.07) is 74.9. The van der Waals surface area contributed by atoms with Crippen LogP contribution in [0.4, 0.5) is 17.1 Å². The van der Waals surface area contributed by atoms with Crippen molar-refractivity contribution in [2.75, 3.05) is 4.90 Å². The molecule has 57 heavy (non-hydrogen) atoms. The van der Waals surface area contributed by atoms with Crippen molar-refractivity contribution in [2.24, 2.45) is 0 Å². The molecule has 0 amide bonds. The maximum Gasteiger partial charge on any atom is 0.235 e. The van der Waals surface area contributed by atoms with Crippen LogP contribution < -0.4 is 4.90 Å². The summed E-state index contributed by atoms with van der Waals surface area (Å²) in [5.41, 5.74) is 14.9. The van der Waals surface area contributed by atoms with Crippen LogP contribution in [-0.4, -0.2) is 14.5 Å². The van der Waals surface area contributed by atoms with Gasteiger partial charge in [0.15, 0.2) is 0 Å². The molecular formula is C53H38N4. The number of fused-ring (bicyclic) bond motifs is 3. The molecule has 0 saturated carbocycles. The minimum Gasteiger partial charge on any atom is -0.310 e. The molecule has 0 bridgehead atoms. The van der Waals surface area contributed by atoms with Crippen molar-refractivity contribution < 1.29 is 0 Å². The number of aryl methyl sites for hydroxylation is 1. The first kappa shape index (κ1) is 34.0. The second kappa shape index (κ2) is 14.6. The van der Waals surface area contributed by atoms with Crippen LogP contribution >= 0.6 is 0 Å².